The number of amides is 1. The van der Waals surface area contributed by atoms with E-state index in [0.29, 0.717) is 6.54 Å². The van der Waals surface area contributed by atoms with E-state index in [9.17, 15) is 4.79 Å². The second-order valence-corrected chi connectivity index (χ2v) is 6.80. The number of nitrogens with zero attached hydrogens (tertiary/aromatic N) is 1. The summed E-state index contributed by atoms with van der Waals surface area (Å²) in [6.45, 7) is 4.91. The Labute approximate surface area is 131 Å². The summed E-state index contributed by atoms with van der Waals surface area (Å²) in [5, 5.41) is 3.30. The van der Waals surface area contributed by atoms with Gasteiger partial charge in [-0.05, 0) is 17.2 Å². The number of para-hydroxylation sites is 1. The van der Waals surface area contributed by atoms with E-state index in [4.69, 9.17) is 0 Å². The van der Waals surface area contributed by atoms with Crippen molar-refractivity contribution in [1.29, 1.82) is 0 Å². The quantitative estimate of drug-likeness (QED) is 0.923. The summed E-state index contributed by atoms with van der Waals surface area (Å²) in [6.07, 6.45) is 0.807. The largest absolute Gasteiger partial charge is 0.338 e. The summed E-state index contributed by atoms with van der Waals surface area (Å²) in [4.78, 5) is 14.5. The highest BCUT2D eigenvalue weighted by Gasteiger charge is 2.60. The minimum Gasteiger partial charge on any atom is -0.338 e. The van der Waals surface area contributed by atoms with E-state index in [1.54, 1.807) is 0 Å². The molecule has 0 radical (unpaired) electrons. The van der Waals surface area contributed by atoms with Crippen LogP contribution in [0, 0.1) is 0 Å². The molecule has 1 amide bonds. The molecule has 3 heteroatoms. The summed E-state index contributed by atoms with van der Waals surface area (Å²) in [6, 6.07) is 18.9. The molecule has 0 aromatic heterocycles. The van der Waals surface area contributed by atoms with E-state index in [1.165, 1.54) is 16.8 Å². The number of benzene rings is 2. The predicted molar refractivity (Wildman–Crippen MR) is 87.8 cm³/mol. The van der Waals surface area contributed by atoms with E-state index in [1.807, 2.05) is 6.07 Å². The second-order valence-electron chi connectivity index (χ2n) is 6.80. The molecule has 0 spiro atoms. The van der Waals surface area contributed by atoms with Gasteiger partial charge in [0.25, 0.3) is 0 Å². The van der Waals surface area contributed by atoms with Crippen molar-refractivity contribution in [2.75, 3.05) is 11.4 Å². The number of nitrogens with one attached hydrogen (secondary N) is 1. The van der Waals surface area contributed by atoms with Crippen molar-refractivity contribution < 1.29 is 4.79 Å². The van der Waals surface area contributed by atoms with Crippen LogP contribution in [0.5, 0.6) is 0 Å². The van der Waals surface area contributed by atoms with Gasteiger partial charge >= 0.3 is 0 Å². The Morgan fingerprint density at radius 2 is 1.73 bits per heavy atom. The fourth-order valence-electron chi connectivity index (χ4n) is 4.11. The lowest BCUT2D eigenvalue weighted by molar-refractivity contribution is -0.119. The maximum absolute atomic E-state index is 12.2. The summed E-state index contributed by atoms with van der Waals surface area (Å²) < 4.78 is 0. The third-order valence-electron chi connectivity index (χ3n) is 5.31. The van der Waals surface area contributed by atoms with E-state index >= 15 is 0 Å². The molecule has 0 aliphatic carbocycles. The Morgan fingerprint density at radius 3 is 2.50 bits per heavy atom. The molecule has 0 bridgehead atoms. The van der Waals surface area contributed by atoms with Crippen LogP contribution in [0.15, 0.2) is 54.6 Å². The second kappa shape index (κ2) is 4.35. The number of rotatable bonds is 2. The van der Waals surface area contributed by atoms with Gasteiger partial charge in [-0.1, -0.05) is 62.4 Å². The van der Waals surface area contributed by atoms with Crippen molar-refractivity contribution in [3.63, 3.8) is 0 Å². The SMILES string of the molecule is CC1(C)c2ccccc2N2CC(=O)NC21Cc1ccccc1. The fourth-order valence-corrected chi connectivity index (χ4v) is 4.11. The van der Waals surface area contributed by atoms with Gasteiger partial charge < -0.3 is 10.2 Å². The van der Waals surface area contributed by atoms with Gasteiger partial charge in [-0.3, -0.25) is 4.79 Å². The first kappa shape index (κ1) is 13.4. The molecule has 1 atom stereocenters. The molecule has 1 saturated heterocycles. The lowest BCUT2D eigenvalue weighted by Gasteiger charge is -2.43. The number of anilines is 1. The normalized spacial score (nSPS) is 24.8. The Bertz CT molecular complexity index is 738. The molecule has 2 aromatic rings. The lowest BCUT2D eigenvalue weighted by Crippen LogP contribution is -2.61. The van der Waals surface area contributed by atoms with Gasteiger partial charge in [-0.2, -0.15) is 0 Å². The van der Waals surface area contributed by atoms with Crippen LogP contribution in [0.1, 0.15) is 25.0 Å². The first-order valence-electron chi connectivity index (χ1n) is 7.77. The van der Waals surface area contributed by atoms with Crippen molar-refractivity contribution in [2.45, 2.75) is 31.3 Å². The molecule has 2 aromatic carbocycles. The molecule has 0 saturated carbocycles. The van der Waals surface area contributed by atoms with Gasteiger partial charge in [0.1, 0.15) is 5.66 Å². The Kier molecular flexibility index (Phi) is 2.65. The van der Waals surface area contributed by atoms with Crippen molar-refractivity contribution >= 4 is 11.6 Å². The van der Waals surface area contributed by atoms with Gasteiger partial charge in [0.2, 0.25) is 5.91 Å². The molecule has 2 aliphatic rings. The third kappa shape index (κ3) is 1.59. The number of fused-ring (bicyclic) bond motifs is 3. The van der Waals surface area contributed by atoms with Crippen molar-refractivity contribution in [1.82, 2.24) is 5.32 Å². The van der Waals surface area contributed by atoms with E-state index < -0.39 is 0 Å². The van der Waals surface area contributed by atoms with Gasteiger partial charge in [0.05, 0.1) is 6.54 Å². The maximum Gasteiger partial charge on any atom is 0.241 e. The van der Waals surface area contributed by atoms with Crippen molar-refractivity contribution in [3.05, 3.63) is 65.7 Å². The average molecular weight is 292 g/mol. The molecule has 1 fully saturated rings. The molecule has 2 heterocycles. The van der Waals surface area contributed by atoms with E-state index in [-0.39, 0.29) is 17.0 Å². The highest BCUT2D eigenvalue weighted by atomic mass is 16.2. The molecular weight excluding hydrogens is 272 g/mol. The Morgan fingerprint density at radius 1 is 1.05 bits per heavy atom. The smallest absolute Gasteiger partial charge is 0.241 e. The van der Waals surface area contributed by atoms with Gasteiger partial charge in [0.15, 0.2) is 0 Å². The lowest BCUT2D eigenvalue weighted by atomic mass is 9.73. The predicted octanol–water partition coefficient (Wildman–Crippen LogP) is 2.85. The number of hydrogen-bond acceptors (Lipinski definition) is 2. The Balaban J connectivity index is 1.87. The van der Waals surface area contributed by atoms with Crippen LogP contribution in [0.3, 0.4) is 0 Å². The zero-order chi connectivity index (χ0) is 15.4. The summed E-state index contributed by atoms with van der Waals surface area (Å²) in [5.74, 6) is 0.110. The van der Waals surface area contributed by atoms with Crippen LogP contribution in [0.25, 0.3) is 0 Å². The molecular formula is C19H20N2O. The van der Waals surface area contributed by atoms with Gasteiger partial charge in [0, 0.05) is 17.5 Å². The summed E-state index contributed by atoms with van der Waals surface area (Å²) >= 11 is 0. The number of carbonyl (C=O) groups is 1. The van der Waals surface area contributed by atoms with E-state index in [2.05, 4.69) is 72.6 Å². The monoisotopic (exact) mass is 292 g/mol. The van der Waals surface area contributed by atoms with Crippen LogP contribution in [-0.4, -0.2) is 18.1 Å². The third-order valence-corrected chi connectivity index (χ3v) is 5.31. The molecule has 2 aliphatic heterocycles. The Hall–Kier alpha value is -2.29. The zero-order valence-electron chi connectivity index (χ0n) is 13.0. The van der Waals surface area contributed by atoms with Crippen molar-refractivity contribution in [2.24, 2.45) is 0 Å². The van der Waals surface area contributed by atoms with Gasteiger partial charge in [-0.25, -0.2) is 0 Å². The average Bonchev–Trinajstić information content (AvgIpc) is 2.93. The van der Waals surface area contributed by atoms with Crippen LogP contribution in [-0.2, 0) is 16.6 Å². The number of carbonyl (C=O) groups excluding carboxylic acids is 1. The molecule has 4 rings (SSSR count). The van der Waals surface area contributed by atoms with Crippen molar-refractivity contribution in [3.8, 4) is 0 Å². The minimum absolute atomic E-state index is 0.110. The molecule has 112 valence electrons. The first-order chi connectivity index (χ1) is 10.5. The molecule has 1 N–H and O–H groups in total. The summed E-state index contributed by atoms with van der Waals surface area (Å²) in [7, 11) is 0. The summed E-state index contributed by atoms with van der Waals surface area (Å²) in [5.41, 5.74) is 3.21. The minimum atomic E-state index is -0.380. The van der Waals surface area contributed by atoms with Crippen LogP contribution < -0.4 is 10.2 Å². The highest BCUT2D eigenvalue weighted by Crippen LogP contribution is 2.53. The van der Waals surface area contributed by atoms with Crippen LogP contribution >= 0.6 is 0 Å². The van der Waals surface area contributed by atoms with Gasteiger partial charge in [-0.15, -0.1) is 0 Å². The fraction of sp³-hybridized carbons (Fsp3) is 0.316. The molecule has 22 heavy (non-hydrogen) atoms. The topological polar surface area (TPSA) is 32.3 Å². The van der Waals surface area contributed by atoms with Crippen LogP contribution in [0.4, 0.5) is 5.69 Å². The highest BCUT2D eigenvalue weighted by molar-refractivity contribution is 5.90. The first-order valence-corrected chi connectivity index (χ1v) is 7.77. The van der Waals surface area contributed by atoms with E-state index in [0.717, 1.165) is 6.42 Å². The zero-order valence-corrected chi connectivity index (χ0v) is 13.0. The standard InChI is InChI=1S/C19H20N2O/c1-18(2)15-10-6-7-11-16(15)21-13-17(22)20-19(18,21)12-14-8-4-3-5-9-14/h3-11H,12-13H2,1-2H3,(H,20,22). The van der Waals surface area contributed by atoms with Crippen LogP contribution in [0.2, 0.25) is 0 Å². The maximum atomic E-state index is 12.2. The molecule has 1 unspecified atom stereocenters. The number of hydrogen-bond donors (Lipinski definition) is 1. The molecule has 3 nitrogen and oxygen atoms in total.